The summed E-state index contributed by atoms with van der Waals surface area (Å²) in [6.45, 7) is 4.07. The molecule has 21 heavy (non-hydrogen) atoms. The zero-order valence-corrected chi connectivity index (χ0v) is 12.3. The molecule has 0 saturated heterocycles. The average molecular weight is 301 g/mol. The molecule has 0 unspecified atom stereocenters. The summed E-state index contributed by atoms with van der Waals surface area (Å²) in [5.74, 6) is 0.748. The van der Waals surface area contributed by atoms with Crippen LogP contribution < -0.4 is 5.32 Å². The molecule has 0 bridgehead atoms. The molecule has 0 saturated carbocycles. The van der Waals surface area contributed by atoms with Crippen molar-refractivity contribution in [2.45, 2.75) is 13.8 Å². The number of aryl methyl sites for hydroxylation is 2. The lowest BCUT2D eigenvalue weighted by molar-refractivity contribution is 0.798. The summed E-state index contributed by atoms with van der Waals surface area (Å²) >= 11 is 5.95. The van der Waals surface area contributed by atoms with Gasteiger partial charge in [0.1, 0.15) is 0 Å². The fraction of sp³-hybridized carbons (Fsp3) is 0.143. The summed E-state index contributed by atoms with van der Waals surface area (Å²) in [4.78, 5) is 12.5. The summed E-state index contributed by atoms with van der Waals surface area (Å²) in [6.07, 6.45) is 3.39. The molecular weight excluding hydrogens is 288 g/mol. The van der Waals surface area contributed by atoms with E-state index in [0.29, 0.717) is 11.9 Å². The van der Waals surface area contributed by atoms with Crippen LogP contribution in [0.1, 0.15) is 11.1 Å². The maximum atomic E-state index is 5.95. The highest BCUT2D eigenvalue weighted by Crippen LogP contribution is 2.18. The number of hydrogen-bond donors (Lipinski definition) is 1. The number of aromatic nitrogens is 5. The van der Waals surface area contributed by atoms with Gasteiger partial charge in [0.25, 0.3) is 5.95 Å². The van der Waals surface area contributed by atoms with Crippen molar-refractivity contribution in [2.75, 3.05) is 5.32 Å². The predicted octanol–water partition coefficient (Wildman–Crippen LogP) is 3.07. The first-order valence-electron chi connectivity index (χ1n) is 6.37. The molecular formula is C14H13ClN6. The number of hydrogen-bond acceptors (Lipinski definition) is 5. The molecule has 2 heterocycles. The summed E-state index contributed by atoms with van der Waals surface area (Å²) in [7, 11) is 0. The maximum Gasteiger partial charge on any atom is 0.256 e. The lowest BCUT2D eigenvalue weighted by Crippen LogP contribution is -2.07. The zero-order chi connectivity index (χ0) is 14.8. The molecule has 3 aromatic rings. The van der Waals surface area contributed by atoms with E-state index in [-0.39, 0.29) is 5.28 Å². The van der Waals surface area contributed by atoms with Crippen LogP contribution in [0.15, 0.2) is 36.7 Å². The second-order valence-electron chi connectivity index (χ2n) is 4.68. The van der Waals surface area contributed by atoms with Crippen LogP contribution in [0.2, 0.25) is 5.28 Å². The molecule has 1 N–H and O–H groups in total. The Labute approximate surface area is 126 Å². The second kappa shape index (κ2) is 5.49. The van der Waals surface area contributed by atoms with Crippen LogP contribution in [0.25, 0.3) is 5.95 Å². The minimum atomic E-state index is 0.113. The standard InChI is InChI=1S/C14H13ClN6/c1-9-6-10(2)8-11(7-9)17-13-18-12(15)19-14(20-13)21-5-3-4-16-21/h3-8H,1-2H3,(H,17,18,19,20). The minimum Gasteiger partial charge on any atom is -0.324 e. The first-order valence-corrected chi connectivity index (χ1v) is 6.75. The maximum absolute atomic E-state index is 5.95. The van der Waals surface area contributed by atoms with Crippen molar-refractivity contribution in [1.29, 1.82) is 0 Å². The van der Waals surface area contributed by atoms with E-state index in [9.17, 15) is 0 Å². The Kier molecular flexibility index (Phi) is 3.53. The molecule has 0 aliphatic rings. The Bertz CT molecular complexity index is 749. The van der Waals surface area contributed by atoms with Gasteiger partial charge in [-0.25, -0.2) is 4.68 Å². The van der Waals surface area contributed by atoms with Crippen LogP contribution >= 0.6 is 11.6 Å². The van der Waals surface area contributed by atoms with Crippen molar-refractivity contribution in [3.63, 3.8) is 0 Å². The number of nitrogens with one attached hydrogen (secondary N) is 1. The minimum absolute atomic E-state index is 0.113. The normalized spacial score (nSPS) is 10.6. The van der Waals surface area contributed by atoms with Gasteiger partial charge in [0, 0.05) is 18.1 Å². The van der Waals surface area contributed by atoms with Gasteiger partial charge in [0.2, 0.25) is 11.2 Å². The molecule has 0 aliphatic carbocycles. The first kappa shape index (κ1) is 13.5. The lowest BCUT2D eigenvalue weighted by atomic mass is 10.1. The van der Waals surface area contributed by atoms with Crippen LogP contribution in [0.4, 0.5) is 11.6 Å². The first-order chi connectivity index (χ1) is 10.1. The monoisotopic (exact) mass is 300 g/mol. The fourth-order valence-corrected chi connectivity index (χ4v) is 2.22. The zero-order valence-electron chi connectivity index (χ0n) is 11.6. The number of benzene rings is 1. The molecule has 0 aliphatic heterocycles. The van der Waals surface area contributed by atoms with Crippen molar-refractivity contribution in [3.8, 4) is 5.95 Å². The molecule has 7 heteroatoms. The van der Waals surface area contributed by atoms with Crippen LogP contribution in [0, 0.1) is 13.8 Å². The van der Waals surface area contributed by atoms with Crippen molar-refractivity contribution >= 4 is 23.2 Å². The van der Waals surface area contributed by atoms with Gasteiger partial charge in [-0.3, -0.25) is 0 Å². The smallest absolute Gasteiger partial charge is 0.256 e. The van der Waals surface area contributed by atoms with Gasteiger partial charge < -0.3 is 5.32 Å². The van der Waals surface area contributed by atoms with Gasteiger partial charge in [0.15, 0.2) is 0 Å². The lowest BCUT2D eigenvalue weighted by Gasteiger charge is -2.08. The van der Waals surface area contributed by atoms with Crippen LogP contribution in [-0.2, 0) is 0 Å². The van der Waals surface area contributed by atoms with E-state index >= 15 is 0 Å². The van der Waals surface area contributed by atoms with E-state index in [1.807, 2.05) is 26.0 Å². The van der Waals surface area contributed by atoms with E-state index in [1.165, 1.54) is 4.68 Å². The number of nitrogens with zero attached hydrogens (tertiary/aromatic N) is 5. The van der Waals surface area contributed by atoms with E-state index in [0.717, 1.165) is 16.8 Å². The van der Waals surface area contributed by atoms with Gasteiger partial charge in [0.05, 0.1) is 0 Å². The topological polar surface area (TPSA) is 68.5 Å². The number of halogens is 1. The quantitative estimate of drug-likeness (QED) is 0.805. The van der Waals surface area contributed by atoms with Crippen LogP contribution in [-0.4, -0.2) is 24.7 Å². The molecule has 106 valence electrons. The SMILES string of the molecule is Cc1cc(C)cc(Nc2nc(Cl)nc(-n3cccn3)n2)c1. The highest BCUT2D eigenvalue weighted by molar-refractivity contribution is 6.28. The van der Waals surface area contributed by atoms with Crippen molar-refractivity contribution in [2.24, 2.45) is 0 Å². The Morgan fingerprint density at radius 2 is 1.81 bits per heavy atom. The molecule has 0 spiro atoms. The average Bonchev–Trinajstić information content (AvgIpc) is 2.90. The molecule has 0 fully saturated rings. The summed E-state index contributed by atoms with van der Waals surface area (Å²) in [5.41, 5.74) is 3.22. The van der Waals surface area contributed by atoms with Crippen LogP contribution in [0.3, 0.4) is 0 Å². The van der Waals surface area contributed by atoms with Gasteiger partial charge >= 0.3 is 0 Å². The Morgan fingerprint density at radius 3 is 2.48 bits per heavy atom. The largest absolute Gasteiger partial charge is 0.324 e. The second-order valence-corrected chi connectivity index (χ2v) is 5.02. The van der Waals surface area contributed by atoms with Gasteiger partial charge in [-0.05, 0) is 54.8 Å². The molecule has 0 amide bonds. The molecule has 3 rings (SSSR count). The fourth-order valence-electron chi connectivity index (χ4n) is 2.06. The van der Waals surface area contributed by atoms with E-state index in [2.05, 4.69) is 31.4 Å². The van der Waals surface area contributed by atoms with Gasteiger partial charge in [-0.1, -0.05) is 6.07 Å². The summed E-state index contributed by atoms with van der Waals surface area (Å²) < 4.78 is 1.53. The Hall–Kier alpha value is -2.47. The summed E-state index contributed by atoms with van der Waals surface area (Å²) in [5, 5.41) is 7.34. The highest BCUT2D eigenvalue weighted by Gasteiger charge is 2.07. The molecule has 2 aromatic heterocycles. The third-order valence-corrected chi connectivity index (χ3v) is 2.95. The van der Waals surface area contributed by atoms with Crippen molar-refractivity contribution < 1.29 is 0 Å². The molecule has 0 atom stereocenters. The highest BCUT2D eigenvalue weighted by atomic mass is 35.5. The van der Waals surface area contributed by atoms with Gasteiger partial charge in [-0.2, -0.15) is 20.1 Å². The van der Waals surface area contributed by atoms with E-state index in [4.69, 9.17) is 11.6 Å². The third-order valence-electron chi connectivity index (χ3n) is 2.78. The van der Waals surface area contributed by atoms with Crippen molar-refractivity contribution in [1.82, 2.24) is 24.7 Å². The van der Waals surface area contributed by atoms with E-state index in [1.54, 1.807) is 18.5 Å². The Morgan fingerprint density at radius 1 is 1.05 bits per heavy atom. The Balaban J connectivity index is 1.95. The third kappa shape index (κ3) is 3.17. The summed E-state index contributed by atoms with van der Waals surface area (Å²) in [6, 6.07) is 7.91. The molecule has 6 nitrogen and oxygen atoms in total. The number of anilines is 2. The molecule has 1 aromatic carbocycles. The number of rotatable bonds is 3. The predicted molar refractivity (Wildman–Crippen MR) is 81.2 cm³/mol. The van der Waals surface area contributed by atoms with E-state index < -0.39 is 0 Å². The van der Waals surface area contributed by atoms with Gasteiger partial charge in [-0.15, -0.1) is 0 Å². The molecule has 0 radical (unpaired) electrons. The van der Waals surface area contributed by atoms with Crippen LogP contribution in [0.5, 0.6) is 0 Å². The van der Waals surface area contributed by atoms with Crippen molar-refractivity contribution in [3.05, 3.63) is 53.1 Å².